The number of rotatable bonds is 6. The van der Waals surface area contributed by atoms with Gasteiger partial charge >= 0.3 is 0 Å². The van der Waals surface area contributed by atoms with Crippen LogP contribution < -0.4 is 0 Å². The molecule has 0 unspecified atom stereocenters. The number of hydrogen-bond donors (Lipinski definition) is 0. The first kappa shape index (κ1) is 19.2. The minimum Gasteiger partial charge on any atom is -0.305 e. The van der Waals surface area contributed by atoms with Crippen molar-refractivity contribution in [3.05, 3.63) is 102 Å². The molecule has 0 saturated carbocycles. The first-order chi connectivity index (χ1) is 14.1. The number of aryl methyl sites for hydroxylation is 1. The van der Waals surface area contributed by atoms with Gasteiger partial charge in [-0.2, -0.15) is 0 Å². The molecule has 29 heavy (non-hydrogen) atoms. The van der Waals surface area contributed by atoms with Gasteiger partial charge in [-0.3, -0.25) is 4.79 Å². The van der Waals surface area contributed by atoms with E-state index < -0.39 is 5.25 Å². The van der Waals surface area contributed by atoms with Crippen LogP contribution in [0.4, 0.5) is 0 Å². The van der Waals surface area contributed by atoms with Crippen LogP contribution in [0, 0.1) is 6.92 Å². The summed E-state index contributed by atoms with van der Waals surface area (Å²) < 4.78 is 1.96. The molecule has 4 rings (SSSR count). The maximum absolute atomic E-state index is 13.3. The van der Waals surface area contributed by atoms with Gasteiger partial charge in [-0.25, -0.2) is 0 Å². The Morgan fingerprint density at radius 3 is 2.17 bits per heavy atom. The highest BCUT2D eigenvalue weighted by molar-refractivity contribution is 8.00. The molecule has 0 saturated heterocycles. The van der Waals surface area contributed by atoms with Gasteiger partial charge in [-0.15, -0.1) is 10.2 Å². The van der Waals surface area contributed by atoms with E-state index in [1.54, 1.807) is 0 Å². The number of benzene rings is 3. The lowest BCUT2D eigenvalue weighted by atomic mass is 10.0. The van der Waals surface area contributed by atoms with Crippen molar-refractivity contribution in [1.29, 1.82) is 0 Å². The van der Waals surface area contributed by atoms with Crippen LogP contribution in [-0.2, 0) is 7.05 Å². The van der Waals surface area contributed by atoms with E-state index in [0.717, 1.165) is 22.5 Å². The van der Waals surface area contributed by atoms with Crippen molar-refractivity contribution >= 4 is 17.5 Å². The maximum Gasteiger partial charge on any atom is 0.192 e. The van der Waals surface area contributed by atoms with Gasteiger partial charge in [0, 0.05) is 18.2 Å². The number of carbonyl (C=O) groups excluding carboxylic acids is 1. The van der Waals surface area contributed by atoms with E-state index in [9.17, 15) is 4.79 Å². The number of thioether (sulfide) groups is 1. The van der Waals surface area contributed by atoms with E-state index in [1.165, 1.54) is 11.8 Å². The number of hydrogen-bond acceptors (Lipinski definition) is 4. The molecule has 0 amide bonds. The average molecular weight is 400 g/mol. The van der Waals surface area contributed by atoms with Gasteiger partial charge < -0.3 is 4.57 Å². The highest BCUT2D eigenvalue weighted by atomic mass is 32.2. The summed E-state index contributed by atoms with van der Waals surface area (Å²) >= 11 is 1.43. The Morgan fingerprint density at radius 2 is 1.48 bits per heavy atom. The van der Waals surface area contributed by atoms with Crippen LogP contribution in [0.1, 0.15) is 26.7 Å². The molecule has 0 aliphatic carbocycles. The summed E-state index contributed by atoms with van der Waals surface area (Å²) in [6.07, 6.45) is 0. The van der Waals surface area contributed by atoms with Gasteiger partial charge in [-0.05, 0) is 18.1 Å². The monoisotopic (exact) mass is 399 g/mol. The fourth-order valence-electron chi connectivity index (χ4n) is 3.24. The second kappa shape index (κ2) is 8.45. The Morgan fingerprint density at radius 1 is 0.862 bits per heavy atom. The van der Waals surface area contributed by atoms with E-state index in [2.05, 4.69) is 23.2 Å². The zero-order chi connectivity index (χ0) is 20.2. The van der Waals surface area contributed by atoms with Crippen LogP contribution in [0.5, 0.6) is 0 Å². The van der Waals surface area contributed by atoms with E-state index in [1.807, 2.05) is 90.5 Å². The molecule has 0 aliphatic rings. The largest absolute Gasteiger partial charge is 0.305 e. The molecule has 3 aromatic carbocycles. The van der Waals surface area contributed by atoms with Crippen molar-refractivity contribution in [3.63, 3.8) is 0 Å². The molecule has 5 heteroatoms. The van der Waals surface area contributed by atoms with E-state index in [-0.39, 0.29) is 5.78 Å². The molecule has 1 atom stereocenters. The van der Waals surface area contributed by atoms with Crippen molar-refractivity contribution < 1.29 is 4.79 Å². The lowest BCUT2D eigenvalue weighted by Crippen LogP contribution is -2.11. The fourth-order valence-corrected chi connectivity index (χ4v) is 4.32. The average Bonchev–Trinajstić information content (AvgIpc) is 3.13. The smallest absolute Gasteiger partial charge is 0.192 e. The van der Waals surface area contributed by atoms with Crippen LogP contribution in [0.2, 0.25) is 0 Å². The minimum atomic E-state index is -0.397. The first-order valence-electron chi connectivity index (χ1n) is 9.41. The quantitative estimate of drug-likeness (QED) is 0.317. The zero-order valence-electron chi connectivity index (χ0n) is 16.3. The zero-order valence-corrected chi connectivity index (χ0v) is 17.1. The maximum atomic E-state index is 13.3. The molecular weight excluding hydrogens is 378 g/mol. The van der Waals surface area contributed by atoms with Gasteiger partial charge in [0.15, 0.2) is 16.8 Å². The molecule has 0 bridgehead atoms. The Kier molecular flexibility index (Phi) is 5.58. The summed E-state index contributed by atoms with van der Waals surface area (Å²) in [5.41, 5.74) is 3.82. The summed E-state index contributed by atoms with van der Waals surface area (Å²) in [5, 5.41) is 9.12. The van der Waals surface area contributed by atoms with Crippen molar-refractivity contribution in [2.24, 2.45) is 7.05 Å². The third-order valence-corrected chi connectivity index (χ3v) is 6.13. The number of Topliss-reactive ketones (excluding diaryl/α,β-unsaturated/α-hetero) is 1. The Balaban J connectivity index is 1.71. The van der Waals surface area contributed by atoms with Gasteiger partial charge in [-0.1, -0.05) is 96.7 Å². The van der Waals surface area contributed by atoms with Crippen molar-refractivity contribution in [2.45, 2.75) is 17.3 Å². The van der Waals surface area contributed by atoms with Gasteiger partial charge in [0.1, 0.15) is 5.25 Å². The molecule has 4 nitrogen and oxygen atoms in total. The molecule has 0 radical (unpaired) electrons. The topological polar surface area (TPSA) is 47.8 Å². The molecule has 1 heterocycles. The second-order valence-electron chi connectivity index (χ2n) is 6.82. The normalized spacial score (nSPS) is 11.9. The van der Waals surface area contributed by atoms with Crippen molar-refractivity contribution in [1.82, 2.24) is 14.8 Å². The predicted molar refractivity (Wildman–Crippen MR) is 117 cm³/mol. The fraction of sp³-hybridized carbons (Fsp3) is 0.125. The van der Waals surface area contributed by atoms with Gasteiger partial charge in [0.05, 0.1) is 0 Å². The lowest BCUT2D eigenvalue weighted by molar-refractivity contribution is 0.0989. The molecule has 0 N–H and O–H groups in total. The molecule has 144 valence electrons. The summed E-state index contributed by atoms with van der Waals surface area (Å²) in [6, 6.07) is 27.3. The SMILES string of the molecule is Cc1ccccc1-c1nnc(S[C@H](C(=O)c2ccccc2)c2ccccc2)n1C. The third-order valence-electron chi connectivity index (χ3n) is 4.84. The minimum absolute atomic E-state index is 0.0576. The Bertz CT molecular complexity index is 1120. The van der Waals surface area contributed by atoms with Crippen LogP contribution in [-0.4, -0.2) is 20.5 Å². The van der Waals surface area contributed by atoms with Crippen molar-refractivity contribution in [2.75, 3.05) is 0 Å². The third kappa shape index (κ3) is 4.00. The second-order valence-corrected chi connectivity index (χ2v) is 7.89. The van der Waals surface area contributed by atoms with E-state index in [4.69, 9.17) is 0 Å². The Hall–Kier alpha value is -3.18. The predicted octanol–water partition coefficient (Wildman–Crippen LogP) is 5.51. The Labute approximate surface area is 174 Å². The van der Waals surface area contributed by atoms with E-state index >= 15 is 0 Å². The van der Waals surface area contributed by atoms with Crippen LogP contribution in [0.15, 0.2) is 90.1 Å². The lowest BCUT2D eigenvalue weighted by Gasteiger charge is -2.16. The molecule has 0 aliphatic heterocycles. The number of aromatic nitrogens is 3. The van der Waals surface area contributed by atoms with Crippen LogP contribution in [0.25, 0.3) is 11.4 Å². The summed E-state index contributed by atoms with van der Waals surface area (Å²) in [4.78, 5) is 13.3. The number of carbonyl (C=O) groups is 1. The summed E-state index contributed by atoms with van der Waals surface area (Å²) in [7, 11) is 1.94. The van der Waals surface area contributed by atoms with Crippen LogP contribution in [0.3, 0.4) is 0 Å². The molecule has 0 spiro atoms. The molecule has 1 aromatic heterocycles. The van der Waals surface area contributed by atoms with Gasteiger partial charge in [0.2, 0.25) is 0 Å². The molecule has 0 fully saturated rings. The van der Waals surface area contributed by atoms with E-state index in [0.29, 0.717) is 10.7 Å². The van der Waals surface area contributed by atoms with Gasteiger partial charge in [0.25, 0.3) is 0 Å². The molecule has 4 aromatic rings. The molecular formula is C24H21N3OS. The van der Waals surface area contributed by atoms with Crippen molar-refractivity contribution in [3.8, 4) is 11.4 Å². The number of nitrogens with zero attached hydrogens (tertiary/aromatic N) is 3. The van der Waals surface area contributed by atoms with Crippen LogP contribution >= 0.6 is 11.8 Å². The highest BCUT2D eigenvalue weighted by Gasteiger charge is 2.26. The standard InChI is InChI=1S/C24H21N3OS/c1-17-11-9-10-16-20(17)23-25-26-24(27(23)2)29-22(19-14-7-4-8-15-19)21(28)18-12-5-3-6-13-18/h3-16,22H,1-2H3/t22-/m0/s1. The summed E-state index contributed by atoms with van der Waals surface area (Å²) in [5.74, 6) is 0.854. The first-order valence-corrected chi connectivity index (χ1v) is 10.3. The summed E-state index contributed by atoms with van der Waals surface area (Å²) in [6.45, 7) is 2.06. The number of ketones is 1. The highest BCUT2D eigenvalue weighted by Crippen LogP contribution is 2.38.